The van der Waals surface area contributed by atoms with Gasteiger partial charge in [0.2, 0.25) is 0 Å². The van der Waals surface area contributed by atoms with E-state index in [2.05, 4.69) is 15.7 Å². The minimum absolute atomic E-state index is 0.148. The maximum Gasteiger partial charge on any atom is 0.269 e. The van der Waals surface area contributed by atoms with Crippen LogP contribution in [0.2, 0.25) is 0 Å². The molecule has 0 aliphatic carbocycles. The molecule has 6 heteroatoms. The number of carbonyl (C=O) groups is 1. The van der Waals surface area contributed by atoms with Crippen molar-refractivity contribution in [1.82, 2.24) is 10.3 Å². The van der Waals surface area contributed by atoms with Crippen LogP contribution >= 0.6 is 11.8 Å². The Morgan fingerprint density at radius 3 is 2.94 bits per heavy atom. The van der Waals surface area contributed by atoms with Crippen molar-refractivity contribution in [3.8, 4) is 0 Å². The summed E-state index contributed by atoms with van der Waals surface area (Å²) in [7, 11) is 0. The van der Waals surface area contributed by atoms with Gasteiger partial charge in [-0.3, -0.25) is 10.6 Å². The molecular formula is C10H16N4OS. The van der Waals surface area contributed by atoms with Gasteiger partial charge >= 0.3 is 0 Å². The average Bonchev–Trinajstić information content (AvgIpc) is 2.34. The predicted octanol–water partition coefficient (Wildman–Crippen LogP) is 0.850. The molecule has 1 aromatic heterocycles. The summed E-state index contributed by atoms with van der Waals surface area (Å²) in [4.78, 5) is 15.6. The molecule has 0 aromatic carbocycles. The van der Waals surface area contributed by atoms with Crippen molar-refractivity contribution in [1.29, 1.82) is 0 Å². The van der Waals surface area contributed by atoms with Crippen molar-refractivity contribution in [3.63, 3.8) is 0 Å². The Balaban J connectivity index is 2.40. The quantitative estimate of drug-likeness (QED) is 0.390. The molecule has 1 aromatic rings. The van der Waals surface area contributed by atoms with Gasteiger partial charge in [0.05, 0.1) is 11.9 Å². The van der Waals surface area contributed by atoms with E-state index in [1.807, 2.05) is 6.26 Å². The zero-order chi connectivity index (χ0) is 11.8. The number of aromatic nitrogens is 1. The standard InChI is InChI=1S/C10H16N4OS/c1-16-6-2-5-12-10(15)9-4-3-8(14-11)7-13-9/h3-4,7,14H,2,5-6,11H2,1H3,(H,12,15). The van der Waals surface area contributed by atoms with Gasteiger partial charge in [-0.2, -0.15) is 11.8 Å². The average molecular weight is 240 g/mol. The Hall–Kier alpha value is -1.27. The Bertz CT molecular complexity index is 328. The monoisotopic (exact) mass is 240 g/mol. The lowest BCUT2D eigenvalue weighted by atomic mass is 10.3. The van der Waals surface area contributed by atoms with Crippen molar-refractivity contribution in [3.05, 3.63) is 24.0 Å². The lowest BCUT2D eigenvalue weighted by molar-refractivity contribution is 0.0949. The van der Waals surface area contributed by atoms with E-state index < -0.39 is 0 Å². The zero-order valence-corrected chi connectivity index (χ0v) is 10.0. The fraction of sp³-hybridized carbons (Fsp3) is 0.400. The van der Waals surface area contributed by atoms with Gasteiger partial charge in [-0.05, 0) is 30.6 Å². The number of pyridine rings is 1. The second-order valence-electron chi connectivity index (χ2n) is 3.18. The fourth-order valence-electron chi connectivity index (χ4n) is 1.12. The Morgan fingerprint density at radius 1 is 1.56 bits per heavy atom. The van der Waals surface area contributed by atoms with Crippen molar-refractivity contribution in [2.45, 2.75) is 6.42 Å². The number of hydrogen-bond acceptors (Lipinski definition) is 5. The first-order valence-corrected chi connectivity index (χ1v) is 6.37. The number of hydrogen-bond donors (Lipinski definition) is 3. The molecular weight excluding hydrogens is 224 g/mol. The number of carbonyl (C=O) groups excluding carboxylic acids is 1. The van der Waals surface area contributed by atoms with E-state index in [0.717, 1.165) is 12.2 Å². The summed E-state index contributed by atoms with van der Waals surface area (Å²) in [6, 6.07) is 3.35. The molecule has 0 fully saturated rings. The van der Waals surface area contributed by atoms with Gasteiger partial charge in [-0.1, -0.05) is 0 Å². The highest BCUT2D eigenvalue weighted by atomic mass is 32.2. The molecule has 4 N–H and O–H groups in total. The first-order valence-electron chi connectivity index (χ1n) is 4.97. The van der Waals surface area contributed by atoms with Gasteiger partial charge in [-0.15, -0.1) is 0 Å². The van der Waals surface area contributed by atoms with Gasteiger partial charge in [0, 0.05) is 6.54 Å². The molecule has 0 radical (unpaired) electrons. The smallest absolute Gasteiger partial charge is 0.269 e. The lowest BCUT2D eigenvalue weighted by Crippen LogP contribution is -2.25. The van der Waals surface area contributed by atoms with Crippen LogP contribution in [0.3, 0.4) is 0 Å². The normalized spacial score (nSPS) is 9.88. The molecule has 0 bridgehead atoms. The summed E-state index contributed by atoms with van der Waals surface area (Å²) in [5.74, 6) is 6.09. The Labute approximate surface area is 99.2 Å². The van der Waals surface area contributed by atoms with E-state index in [-0.39, 0.29) is 5.91 Å². The molecule has 0 aliphatic rings. The van der Waals surface area contributed by atoms with E-state index in [1.54, 1.807) is 23.9 Å². The van der Waals surface area contributed by atoms with E-state index in [4.69, 9.17) is 5.84 Å². The van der Waals surface area contributed by atoms with E-state index in [0.29, 0.717) is 17.9 Å². The summed E-state index contributed by atoms with van der Waals surface area (Å²) >= 11 is 1.76. The summed E-state index contributed by atoms with van der Waals surface area (Å²) in [5, 5.41) is 2.80. The maximum atomic E-state index is 11.6. The molecule has 0 spiro atoms. The van der Waals surface area contributed by atoms with Crippen LogP contribution in [0.4, 0.5) is 5.69 Å². The van der Waals surface area contributed by atoms with E-state index in [9.17, 15) is 4.79 Å². The van der Waals surface area contributed by atoms with Crippen molar-refractivity contribution >= 4 is 23.4 Å². The number of thioether (sulfide) groups is 1. The van der Waals surface area contributed by atoms with Crippen LogP contribution in [0.5, 0.6) is 0 Å². The van der Waals surface area contributed by atoms with Gasteiger partial charge in [0.1, 0.15) is 5.69 Å². The first-order chi connectivity index (χ1) is 7.77. The summed E-state index contributed by atoms with van der Waals surface area (Å²) in [6.07, 6.45) is 4.54. The molecule has 88 valence electrons. The Kier molecular flexibility index (Phi) is 5.66. The second kappa shape index (κ2) is 7.08. The number of amides is 1. The van der Waals surface area contributed by atoms with Crippen LogP contribution in [0.25, 0.3) is 0 Å². The topological polar surface area (TPSA) is 80.0 Å². The summed E-state index contributed by atoms with van der Waals surface area (Å²) in [6.45, 7) is 0.679. The van der Waals surface area contributed by atoms with Gasteiger partial charge in [-0.25, -0.2) is 4.98 Å². The number of nitrogens with zero attached hydrogens (tertiary/aromatic N) is 1. The van der Waals surface area contributed by atoms with Gasteiger partial charge in [0.25, 0.3) is 5.91 Å². The Morgan fingerprint density at radius 2 is 2.38 bits per heavy atom. The van der Waals surface area contributed by atoms with Crippen LogP contribution < -0.4 is 16.6 Å². The second-order valence-corrected chi connectivity index (χ2v) is 4.16. The number of anilines is 1. The predicted molar refractivity (Wildman–Crippen MR) is 67.4 cm³/mol. The number of rotatable bonds is 6. The molecule has 0 aliphatic heterocycles. The van der Waals surface area contributed by atoms with E-state index >= 15 is 0 Å². The summed E-state index contributed by atoms with van der Waals surface area (Å²) in [5.41, 5.74) is 3.54. The molecule has 16 heavy (non-hydrogen) atoms. The highest BCUT2D eigenvalue weighted by molar-refractivity contribution is 7.98. The molecule has 1 amide bonds. The SMILES string of the molecule is CSCCCNC(=O)c1ccc(NN)cn1. The molecule has 0 saturated heterocycles. The van der Waals surface area contributed by atoms with Crippen LogP contribution in [-0.2, 0) is 0 Å². The molecule has 0 unspecified atom stereocenters. The van der Waals surface area contributed by atoms with Gasteiger partial charge in [0.15, 0.2) is 0 Å². The largest absolute Gasteiger partial charge is 0.351 e. The van der Waals surface area contributed by atoms with Crippen LogP contribution in [0, 0.1) is 0 Å². The number of nitrogens with two attached hydrogens (primary N) is 1. The number of hydrazine groups is 1. The molecule has 5 nitrogen and oxygen atoms in total. The van der Waals surface area contributed by atoms with Crippen LogP contribution in [-0.4, -0.2) is 29.4 Å². The van der Waals surface area contributed by atoms with Crippen LogP contribution in [0.15, 0.2) is 18.3 Å². The highest BCUT2D eigenvalue weighted by Gasteiger charge is 2.05. The third-order valence-corrected chi connectivity index (χ3v) is 2.67. The molecule has 1 rings (SSSR count). The maximum absolute atomic E-state index is 11.6. The van der Waals surface area contributed by atoms with Crippen LogP contribution in [0.1, 0.15) is 16.9 Å². The third kappa shape index (κ3) is 4.08. The molecule has 0 atom stereocenters. The minimum atomic E-state index is -0.148. The zero-order valence-electron chi connectivity index (χ0n) is 9.19. The molecule has 1 heterocycles. The van der Waals surface area contributed by atoms with Crippen molar-refractivity contribution in [2.75, 3.05) is 24.0 Å². The van der Waals surface area contributed by atoms with E-state index in [1.165, 1.54) is 6.20 Å². The van der Waals surface area contributed by atoms with Crippen molar-refractivity contribution in [2.24, 2.45) is 5.84 Å². The number of nitrogen functional groups attached to an aromatic ring is 1. The summed E-state index contributed by atoms with van der Waals surface area (Å²) < 4.78 is 0. The minimum Gasteiger partial charge on any atom is -0.351 e. The fourth-order valence-corrected chi connectivity index (χ4v) is 1.56. The molecule has 0 saturated carbocycles. The van der Waals surface area contributed by atoms with Gasteiger partial charge < -0.3 is 10.7 Å². The highest BCUT2D eigenvalue weighted by Crippen LogP contribution is 2.03. The third-order valence-electron chi connectivity index (χ3n) is 1.97. The van der Waals surface area contributed by atoms with Crippen molar-refractivity contribution < 1.29 is 4.79 Å². The number of nitrogens with one attached hydrogen (secondary N) is 2. The first kappa shape index (κ1) is 12.8. The lowest BCUT2D eigenvalue weighted by Gasteiger charge is -2.04.